The maximum atomic E-state index is 11.5. The van der Waals surface area contributed by atoms with Crippen molar-refractivity contribution in [3.63, 3.8) is 0 Å². The molecule has 4 heteroatoms. The Morgan fingerprint density at radius 3 is 2.81 bits per heavy atom. The number of carbonyl (C=O) groups excluding carboxylic acids is 1. The van der Waals surface area contributed by atoms with E-state index >= 15 is 0 Å². The van der Waals surface area contributed by atoms with Crippen LogP contribution < -0.4 is 10.5 Å². The molecule has 0 aliphatic heterocycles. The smallest absolute Gasteiger partial charge is 0.338 e. The summed E-state index contributed by atoms with van der Waals surface area (Å²) in [7, 11) is 2.62. The van der Waals surface area contributed by atoms with Gasteiger partial charge in [-0.15, -0.1) is 5.92 Å². The van der Waals surface area contributed by atoms with Crippen LogP contribution in [-0.2, 0) is 4.74 Å². The maximum absolute atomic E-state index is 11.5. The molecule has 0 amide bonds. The first-order valence-electron chi connectivity index (χ1n) is 5.87. The highest BCUT2D eigenvalue weighted by molar-refractivity contribution is 5.91. The Labute approximate surface area is 98.6 Å². The van der Waals surface area contributed by atoms with Crippen LogP contribution in [0.25, 0.3) is 0 Å². The van der Waals surface area contributed by atoms with Crippen LogP contribution in [0, 0.1) is 11.8 Å². The molecular formula is C12H13NO3. The van der Waals surface area contributed by atoms with Gasteiger partial charge in [-0.1, -0.05) is 5.92 Å². The van der Waals surface area contributed by atoms with Crippen LogP contribution in [0.5, 0.6) is 5.75 Å². The van der Waals surface area contributed by atoms with Gasteiger partial charge < -0.3 is 15.2 Å². The Kier molecular flexibility index (Phi) is 2.56. The number of nitrogen functional groups attached to an aromatic ring is 1. The zero-order valence-corrected chi connectivity index (χ0v) is 8.96. The van der Waals surface area contributed by atoms with Crippen molar-refractivity contribution in [1.29, 1.82) is 0 Å². The van der Waals surface area contributed by atoms with E-state index in [0.29, 0.717) is 0 Å². The maximum Gasteiger partial charge on any atom is 0.338 e. The zero-order valence-electron chi connectivity index (χ0n) is 12.0. The molecule has 0 fully saturated rings. The summed E-state index contributed by atoms with van der Waals surface area (Å²) in [5, 5.41) is 0. The predicted octanol–water partition coefficient (Wildman–Crippen LogP) is 1.44. The molecule has 16 heavy (non-hydrogen) atoms. The molecule has 1 rings (SSSR count). The van der Waals surface area contributed by atoms with Gasteiger partial charge in [0, 0.05) is 4.11 Å². The van der Waals surface area contributed by atoms with Gasteiger partial charge in [0.05, 0.1) is 31.0 Å². The van der Waals surface area contributed by atoms with E-state index in [9.17, 15) is 4.79 Å². The van der Waals surface area contributed by atoms with E-state index in [1.165, 1.54) is 26.4 Å². The zero-order chi connectivity index (χ0) is 14.6. The topological polar surface area (TPSA) is 61.5 Å². The van der Waals surface area contributed by atoms with Gasteiger partial charge in [-0.05, 0) is 19.0 Å². The van der Waals surface area contributed by atoms with Crippen molar-refractivity contribution in [2.24, 2.45) is 0 Å². The monoisotopic (exact) mass is 222 g/mol. The van der Waals surface area contributed by atoms with Crippen molar-refractivity contribution in [2.45, 2.75) is 6.85 Å². The van der Waals surface area contributed by atoms with E-state index < -0.39 is 12.8 Å². The lowest BCUT2D eigenvalue weighted by molar-refractivity contribution is 0.0600. The van der Waals surface area contributed by atoms with Crippen molar-refractivity contribution in [2.75, 3.05) is 20.0 Å². The van der Waals surface area contributed by atoms with E-state index in [2.05, 4.69) is 16.6 Å². The highest BCUT2D eigenvalue weighted by atomic mass is 16.5. The Morgan fingerprint density at radius 1 is 1.50 bits per heavy atom. The predicted molar refractivity (Wildman–Crippen MR) is 61.3 cm³/mol. The Balaban J connectivity index is 3.36. The summed E-state index contributed by atoms with van der Waals surface area (Å²) in [6.45, 7) is -2.40. The molecule has 0 atom stereocenters. The van der Waals surface area contributed by atoms with Gasteiger partial charge in [-0.25, -0.2) is 4.79 Å². The fourth-order valence-electron chi connectivity index (χ4n) is 1.20. The van der Waals surface area contributed by atoms with Gasteiger partial charge in [0.1, 0.15) is 5.75 Å². The molecule has 0 unspecified atom stereocenters. The van der Waals surface area contributed by atoms with Crippen molar-refractivity contribution in [3.05, 3.63) is 23.3 Å². The molecule has 0 aliphatic carbocycles. The second kappa shape index (κ2) is 5.08. The SMILES string of the molecule is [2H]C([2H])([2H])C#Cc1cc(C(=O)OC)cc(OC)c1N. The minimum atomic E-state index is -2.40. The normalized spacial score (nSPS) is 12.5. The third kappa shape index (κ3) is 2.26. The number of hydrogen-bond donors (Lipinski definition) is 1. The van der Waals surface area contributed by atoms with Crippen molar-refractivity contribution in [3.8, 4) is 17.6 Å². The van der Waals surface area contributed by atoms with Crippen molar-refractivity contribution >= 4 is 11.7 Å². The first kappa shape index (κ1) is 8.05. The van der Waals surface area contributed by atoms with Crippen LogP contribution in [0.15, 0.2) is 12.1 Å². The average Bonchev–Trinajstić information content (AvgIpc) is 2.35. The summed E-state index contributed by atoms with van der Waals surface area (Å²) in [6, 6.07) is 2.77. The Bertz CT molecular complexity index is 556. The molecule has 0 bridgehead atoms. The minimum absolute atomic E-state index is 0.173. The number of methoxy groups -OCH3 is 2. The number of ether oxygens (including phenoxy) is 2. The number of anilines is 1. The van der Waals surface area contributed by atoms with Gasteiger partial charge in [0.15, 0.2) is 0 Å². The number of hydrogen-bond acceptors (Lipinski definition) is 4. The third-order valence-corrected chi connectivity index (χ3v) is 1.98. The summed E-state index contributed by atoms with van der Waals surface area (Å²) >= 11 is 0. The first-order valence-corrected chi connectivity index (χ1v) is 4.37. The number of nitrogens with two attached hydrogens (primary N) is 1. The largest absolute Gasteiger partial charge is 0.495 e. The van der Waals surface area contributed by atoms with Gasteiger partial charge in [-0.2, -0.15) is 0 Å². The van der Waals surface area contributed by atoms with Crippen LogP contribution in [0.1, 0.15) is 26.9 Å². The summed E-state index contributed by atoms with van der Waals surface area (Å²) in [5.74, 6) is 4.14. The average molecular weight is 222 g/mol. The van der Waals surface area contributed by atoms with E-state index in [1.807, 2.05) is 0 Å². The summed E-state index contributed by atoms with van der Waals surface area (Å²) in [6.07, 6.45) is 0. The molecule has 0 saturated carbocycles. The van der Waals surface area contributed by atoms with Gasteiger partial charge in [0.25, 0.3) is 0 Å². The molecule has 4 nitrogen and oxygen atoms in total. The van der Waals surface area contributed by atoms with Crippen LogP contribution in [-0.4, -0.2) is 20.2 Å². The quantitative estimate of drug-likeness (QED) is 0.467. The number of benzene rings is 1. The van der Waals surface area contributed by atoms with Gasteiger partial charge in [0.2, 0.25) is 0 Å². The highest BCUT2D eigenvalue weighted by Gasteiger charge is 2.12. The molecule has 0 aromatic heterocycles. The minimum Gasteiger partial charge on any atom is -0.495 e. The van der Waals surface area contributed by atoms with Crippen LogP contribution >= 0.6 is 0 Å². The molecule has 0 saturated heterocycles. The van der Waals surface area contributed by atoms with Gasteiger partial charge >= 0.3 is 5.97 Å². The lowest BCUT2D eigenvalue weighted by atomic mass is 10.1. The lowest BCUT2D eigenvalue weighted by Gasteiger charge is -2.08. The molecule has 0 aliphatic rings. The second-order valence-electron chi connectivity index (χ2n) is 2.88. The molecule has 0 heterocycles. The molecule has 0 spiro atoms. The van der Waals surface area contributed by atoms with E-state index in [-0.39, 0.29) is 22.6 Å². The fourth-order valence-corrected chi connectivity index (χ4v) is 1.20. The fraction of sp³-hybridized carbons (Fsp3) is 0.250. The Morgan fingerprint density at radius 2 is 2.25 bits per heavy atom. The van der Waals surface area contributed by atoms with Gasteiger partial charge in [-0.3, -0.25) is 0 Å². The number of esters is 1. The molecule has 2 N–H and O–H groups in total. The van der Waals surface area contributed by atoms with E-state index in [4.69, 9.17) is 14.6 Å². The number of carbonyl (C=O) groups is 1. The first-order chi connectivity index (χ1) is 8.78. The Hall–Kier alpha value is -2.15. The molecule has 0 radical (unpaired) electrons. The van der Waals surface area contributed by atoms with E-state index in [1.54, 1.807) is 0 Å². The lowest BCUT2D eigenvalue weighted by Crippen LogP contribution is -2.04. The molecule has 84 valence electrons. The van der Waals surface area contributed by atoms with Crippen molar-refractivity contribution in [1.82, 2.24) is 0 Å². The standard InChI is InChI=1S/C12H13NO3/c1-4-5-8-6-9(12(14)16-3)7-10(15-2)11(8)13/h6-7H,13H2,1-3H3/i1D3. The summed E-state index contributed by atoms with van der Waals surface area (Å²) in [5.41, 5.74) is 6.33. The second-order valence-corrected chi connectivity index (χ2v) is 2.88. The third-order valence-electron chi connectivity index (χ3n) is 1.98. The molecule has 1 aromatic rings. The van der Waals surface area contributed by atoms with Crippen molar-refractivity contribution < 1.29 is 18.4 Å². The highest BCUT2D eigenvalue weighted by Crippen LogP contribution is 2.27. The molecular weight excluding hydrogens is 206 g/mol. The summed E-state index contributed by atoms with van der Waals surface area (Å²) in [4.78, 5) is 11.5. The van der Waals surface area contributed by atoms with E-state index in [0.717, 1.165) is 0 Å². The van der Waals surface area contributed by atoms with Crippen LogP contribution in [0.3, 0.4) is 0 Å². The van der Waals surface area contributed by atoms with Crippen LogP contribution in [0.2, 0.25) is 0 Å². The molecule has 1 aromatic carbocycles. The summed E-state index contributed by atoms with van der Waals surface area (Å²) < 4.78 is 30.7. The van der Waals surface area contributed by atoms with Crippen LogP contribution in [0.4, 0.5) is 5.69 Å². The number of rotatable bonds is 2.